The molecule has 0 aliphatic carbocycles. The van der Waals surface area contributed by atoms with Crippen LogP contribution >= 0.6 is 15.9 Å². The molecule has 1 aromatic rings. The van der Waals surface area contributed by atoms with Gasteiger partial charge in [-0.1, -0.05) is 0 Å². The van der Waals surface area contributed by atoms with Gasteiger partial charge in [-0.05, 0) is 35.0 Å². The summed E-state index contributed by atoms with van der Waals surface area (Å²) in [6.45, 7) is 2.30. The summed E-state index contributed by atoms with van der Waals surface area (Å²) in [5, 5.41) is 20.1. The van der Waals surface area contributed by atoms with Gasteiger partial charge in [0.25, 0.3) is 11.6 Å². The molecule has 1 aliphatic rings. The molecule has 0 spiro atoms. The van der Waals surface area contributed by atoms with E-state index >= 15 is 0 Å². The van der Waals surface area contributed by atoms with Gasteiger partial charge in [0.05, 0.1) is 28.2 Å². The number of benzene rings is 1. The molecule has 2 rings (SSSR count). The highest BCUT2D eigenvalue weighted by Gasteiger charge is 2.29. The number of nitrogens with zero attached hydrogens (tertiary/aromatic N) is 2. The second-order valence-electron chi connectivity index (χ2n) is 4.88. The topological polar surface area (TPSA) is 92.9 Å². The molecular weight excluding hydrogens is 344 g/mol. The van der Waals surface area contributed by atoms with Crippen LogP contribution in [-0.2, 0) is 4.74 Å². The number of hydrogen-bond acceptors (Lipinski definition) is 5. The predicted molar refractivity (Wildman–Crippen MR) is 78.1 cm³/mol. The number of carbonyl (C=O) groups excluding carboxylic acids is 1. The normalized spacial score (nSPS) is 22.1. The fraction of sp³-hybridized carbons (Fsp3) is 0.462. The Morgan fingerprint density at radius 1 is 1.57 bits per heavy atom. The van der Waals surface area contributed by atoms with E-state index in [0.29, 0.717) is 11.0 Å². The average molecular weight is 359 g/mol. The van der Waals surface area contributed by atoms with E-state index in [0.717, 1.165) is 0 Å². The van der Waals surface area contributed by atoms with Crippen molar-refractivity contribution in [3.8, 4) is 0 Å². The number of ether oxygens (including phenoxy) is 1. The van der Waals surface area contributed by atoms with Gasteiger partial charge in [0.1, 0.15) is 0 Å². The maximum absolute atomic E-state index is 12.4. The minimum absolute atomic E-state index is 0.152. The van der Waals surface area contributed by atoms with Crippen LogP contribution in [0.5, 0.6) is 0 Å². The van der Waals surface area contributed by atoms with Gasteiger partial charge in [0.2, 0.25) is 0 Å². The zero-order valence-electron chi connectivity index (χ0n) is 11.4. The zero-order valence-corrected chi connectivity index (χ0v) is 12.9. The molecule has 0 radical (unpaired) electrons. The summed E-state index contributed by atoms with van der Waals surface area (Å²) in [5.41, 5.74) is 0.0940. The quantitative estimate of drug-likeness (QED) is 0.653. The average Bonchev–Trinajstić information content (AvgIpc) is 2.46. The highest BCUT2D eigenvalue weighted by atomic mass is 79.9. The van der Waals surface area contributed by atoms with Gasteiger partial charge in [-0.3, -0.25) is 14.9 Å². The maximum Gasteiger partial charge on any atom is 0.284 e. The molecule has 0 bridgehead atoms. The number of hydrogen-bond donors (Lipinski definition) is 1. The van der Waals surface area contributed by atoms with Crippen LogP contribution in [0.2, 0.25) is 0 Å². The van der Waals surface area contributed by atoms with Crippen molar-refractivity contribution in [3.63, 3.8) is 0 Å². The molecule has 7 nitrogen and oxygen atoms in total. The molecule has 114 valence electrons. The number of halogens is 1. The summed E-state index contributed by atoms with van der Waals surface area (Å²) >= 11 is 3.09. The fourth-order valence-electron chi connectivity index (χ4n) is 2.28. The van der Waals surface area contributed by atoms with Gasteiger partial charge >= 0.3 is 0 Å². The molecule has 1 heterocycles. The molecule has 1 saturated heterocycles. The van der Waals surface area contributed by atoms with Crippen molar-refractivity contribution < 1.29 is 19.6 Å². The van der Waals surface area contributed by atoms with Gasteiger partial charge in [-0.2, -0.15) is 0 Å². The van der Waals surface area contributed by atoms with Crippen molar-refractivity contribution in [1.82, 2.24) is 4.90 Å². The lowest BCUT2D eigenvalue weighted by Gasteiger charge is -2.36. The minimum Gasteiger partial charge on any atom is -0.394 e. The standard InChI is InChI=1S/C13H15BrN2O5/c1-8-5-15(6-10(7-17)21-8)13(18)9-2-3-11(14)12(4-9)16(19)20/h2-4,8,10,17H,5-7H2,1H3. The van der Waals surface area contributed by atoms with Crippen molar-refractivity contribution in [2.75, 3.05) is 19.7 Å². The van der Waals surface area contributed by atoms with Crippen LogP contribution in [0.25, 0.3) is 0 Å². The lowest BCUT2D eigenvalue weighted by molar-refractivity contribution is -0.385. The zero-order chi connectivity index (χ0) is 15.6. The smallest absolute Gasteiger partial charge is 0.284 e. The van der Waals surface area contributed by atoms with E-state index in [-0.39, 0.29) is 36.4 Å². The largest absolute Gasteiger partial charge is 0.394 e. The second kappa shape index (κ2) is 6.50. The van der Waals surface area contributed by atoms with E-state index in [9.17, 15) is 20.0 Å². The molecule has 1 N–H and O–H groups in total. The third-order valence-electron chi connectivity index (χ3n) is 3.21. The number of nitro benzene ring substituents is 1. The van der Waals surface area contributed by atoms with Crippen LogP contribution in [0.3, 0.4) is 0 Å². The minimum atomic E-state index is -0.542. The molecule has 1 amide bonds. The van der Waals surface area contributed by atoms with E-state index in [2.05, 4.69) is 15.9 Å². The Morgan fingerprint density at radius 3 is 2.90 bits per heavy atom. The van der Waals surface area contributed by atoms with Crippen LogP contribution in [-0.4, -0.2) is 52.7 Å². The van der Waals surface area contributed by atoms with Gasteiger partial charge in [-0.15, -0.1) is 0 Å². The second-order valence-corrected chi connectivity index (χ2v) is 5.74. The van der Waals surface area contributed by atoms with Crippen LogP contribution in [0.1, 0.15) is 17.3 Å². The predicted octanol–water partition coefficient (Wildman–Crippen LogP) is 1.58. The van der Waals surface area contributed by atoms with Crippen LogP contribution < -0.4 is 0 Å². The number of carbonyl (C=O) groups is 1. The lowest BCUT2D eigenvalue weighted by Crippen LogP contribution is -2.50. The molecule has 1 fully saturated rings. The van der Waals surface area contributed by atoms with Crippen LogP contribution in [0, 0.1) is 10.1 Å². The molecular formula is C13H15BrN2O5. The van der Waals surface area contributed by atoms with Crippen molar-refractivity contribution in [1.29, 1.82) is 0 Å². The molecule has 2 unspecified atom stereocenters. The Labute approximate surface area is 129 Å². The van der Waals surface area contributed by atoms with E-state index in [1.807, 2.05) is 6.92 Å². The lowest BCUT2D eigenvalue weighted by atomic mass is 10.1. The highest BCUT2D eigenvalue weighted by Crippen LogP contribution is 2.26. The van der Waals surface area contributed by atoms with Gasteiger partial charge in [-0.25, -0.2) is 0 Å². The molecule has 2 atom stereocenters. The molecule has 21 heavy (non-hydrogen) atoms. The van der Waals surface area contributed by atoms with Crippen LogP contribution in [0.4, 0.5) is 5.69 Å². The summed E-state index contributed by atoms with van der Waals surface area (Å²) in [6, 6.07) is 4.27. The first kappa shape index (κ1) is 15.9. The first-order valence-electron chi connectivity index (χ1n) is 6.42. The number of amides is 1. The van der Waals surface area contributed by atoms with Gasteiger partial charge in [0.15, 0.2) is 0 Å². The first-order chi connectivity index (χ1) is 9.92. The summed E-state index contributed by atoms with van der Waals surface area (Å²) < 4.78 is 5.80. The third kappa shape index (κ3) is 3.58. The molecule has 0 aromatic heterocycles. The van der Waals surface area contributed by atoms with E-state index in [1.165, 1.54) is 18.2 Å². The Bertz CT molecular complexity index is 565. The third-order valence-corrected chi connectivity index (χ3v) is 3.88. The van der Waals surface area contributed by atoms with Gasteiger partial charge in [0, 0.05) is 24.7 Å². The van der Waals surface area contributed by atoms with E-state index < -0.39 is 11.0 Å². The summed E-state index contributed by atoms with van der Waals surface area (Å²) in [7, 11) is 0. The van der Waals surface area contributed by atoms with E-state index in [4.69, 9.17) is 4.74 Å². The van der Waals surface area contributed by atoms with Crippen molar-refractivity contribution >= 4 is 27.5 Å². The van der Waals surface area contributed by atoms with E-state index in [1.54, 1.807) is 4.90 Å². The summed E-state index contributed by atoms with van der Waals surface area (Å²) in [4.78, 5) is 24.4. The number of morpholine rings is 1. The summed E-state index contributed by atoms with van der Waals surface area (Å²) in [5.74, 6) is -0.306. The number of rotatable bonds is 3. The van der Waals surface area contributed by atoms with Crippen LogP contribution in [0.15, 0.2) is 22.7 Å². The molecule has 1 aromatic carbocycles. The SMILES string of the molecule is CC1CN(C(=O)c2ccc(Br)c([N+](=O)[O-])c2)CC(CO)O1. The highest BCUT2D eigenvalue weighted by molar-refractivity contribution is 9.10. The van der Waals surface area contributed by atoms with Crippen molar-refractivity contribution in [2.24, 2.45) is 0 Å². The number of aliphatic hydroxyl groups is 1. The van der Waals surface area contributed by atoms with Crippen molar-refractivity contribution in [3.05, 3.63) is 38.3 Å². The molecule has 1 aliphatic heterocycles. The number of nitro groups is 1. The molecule has 8 heteroatoms. The number of aliphatic hydroxyl groups excluding tert-OH is 1. The Balaban J connectivity index is 2.23. The van der Waals surface area contributed by atoms with Crippen molar-refractivity contribution in [2.45, 2.75) is 19.1 Å². The Hall–Kier alpha value is -1.51. The first-order valence-corrected chi connectivity index (χ1v) is 7.21. The molecule has 0 saturated carbocycles. The fourth-order valence-corrected chi connectivity index (χ4v) is 2.67. The summed E-state index contributed by atoms with van der Waals surface area (Å²) in [6.07, 6.45) is -0.617. The monoisotopic (exact) mass is 358 g/mol. The Kier molecular flexibility index (Phi) is 4.92. The van der Waals surface area contributed by atoms with Gasteiger partial charge < -0.3 is 14.7 Å². The maximum atomic E-state index is 12.4. The Morgan fingerprint density at radius 2 is 2.29 bits per heavy atom.